The lowest BCUT2D eigenvalue weighted by molar-refractivity contribution is -0.187. The van der Waals surface area contributed by atoms with Gasteiger partial charge in [-0.1, -0.05) is 18.2 Å². The third kappa shape index (κ3) is 5.48. The van der Waals surface area contributed by atoms with Gasteiger partial charge in [0.05, 0.1) is 5.56 Å². The fourth-order valence-electron chi connectivity index (χ4n) is 4.22. The molecule has 0 atom stereocenters. The van der Waals surface area contributed by atoms with E-state index in [4.69, 9.17) is 5.26 Å². The maximum Gasteiger partial charge on any atom is 0.429 e. The van der Waals surface area contributed by atoms with Crippen LogP contribution in [0.5, 0.6) is 5.75 Å². The molecule has 1 fully saturated rings. The highest BCUT2D eigenvalue weighted by molar-refractivity contribution is 5.38. The van der Waals surface area contributed by atoms with E-state index in [-0.39, 0.29) is 5.92 Å². The number of ether oxygens (including phenoxy) is 1. The summed E-state index contributed by atoms with van der Waals surface area (Å²) in [4.78, 5) is 0. The van der Waals surface area contributed by atoms with Crippen LogP contribution in [0.1, 0.15) is 68.1 Å². The van der Waals surface area contributed by atoms with Gasteiger partial charge in [-0.25, -0.2) is 13.2 Å². The lowest BCUT2D eigenvalue weighted by Crippen LogP contribution is -2.24. The highest BCUT2D eigenvalue weighted by Gasteiger charge is 2.38. The minimum atomic E-state index is -4.15. The molecule has 32 heavy (non-hydrogen) atoms. The minimum Gasteiger partial charge on any atom is -0.429 e. The van der Waals surface area contributed by atoms with Crippen molar-refractivity contribution in [1.82, 2.24) is 0 Å². The Bertz CT molecular complexity index is 996. The highest BCUT2D eigenvalue weighted by Crippen LogP contribution is 2.40. The van der Waals surface area contributed by atoms with Crippen LogP contribution in [0.15, 0.2) is 42.5 Å². The van der Waals surface area contributed by atoms with Crippen LogP contribution < -0.4 is 4.74 Å². The first-order valence-corrected chi connectivity index (χ1v) is 10.6. The van der Waals surface area contributed by atoms with E-state index in [9.17, 15) is 22.0 Å². The number of alkyl halides is 2. The molecule has 170 valence electrons. The quantitative estimate of drug-likeness (QED) is 0.320. The van der Waals surface area contributed by atoms with Crippen molar-refractivity contribution >= 4 is 0 Å². The second kappa shape index (κ2) is 10.2. The third-order valence-corrected chi connectivity index (χ3v) is 5.98. The second-order valence-corrected chi connectivity index (χ2v) is 8.10. The summed E-state index contributed by atoms with van der Waals surface area (Å²) >= 11 is 0. The second-order valence-electron chi connectivity index (χ2n) is 8.10. The molecule has 1 aliphatic rings. The summed E-state index contributed by atoms with van der Waals surface area (Å²) in [6.45, 7) is 1.99. The fourth-order valence-corrected chi connectivity index (χ4v) is 4.22. The molecule has 0 aliphatic heterocycles. The average molecular weight is 449 g/mol. The number of nitriles is 1. The Balaban J connectivity index is 1.70. The van der Waals surface area contributed by atoms with Gasteiger partial charge in [-0.3, -0.25) is 0 Å². The number of benzene rings is 2. The van der Waals surface area contributed by atoms with Crippen LogP contribution in [-0.2, 0) is 6.11 Å². The van der Waals surface area contributed by atoms with Crippen LogP contribution in [0.4, 0.5) is 22.0 Å². The molecule has 2 aromatic carbocycles. The third-order valence-electron chi connectivity index (χ3n) is 5.98. The van der Waals surface area contributed by atoms with Crippen LogP contribution in [-0.4, -0.2) is 0 Å². The maximum atomic E-state index is 14.6. The van der Waals surface area contributed by atoms with E-state index in [1.165, 1.54) is 12.1 Å². The van der Waals surface area contributed by atoms with Gasteiger partial charge in [-0.2, -0.15) is 14.0 Å². The zero-order valence-electron chi connectivity index (χ0n) is 17.7. The standard InChI is InChI=1S/C25H24F5NO/c1-2-3-4-5-16-6-8-17(9-7-16)18-10-11-21(24(28)12-18)25(29,30)32-19-13-22(26)20(15-31)23(27)14-19/h2-3,10-14,16-17H,4-9H2,1H3/b3-2-. The molecule has 3 rings (SSSR count). The van der Waals surface area contributed by atoms with Crippen molar-refractivity contribution in [3.8, 4) is 11.8 Å². The zero-order chi connectivity index (χ0) is 23.3. The molecule has 0 radical (unpaired) electrons. The van der Waals surface area contributed by atoms with Crippen LogP contribution >= 0.6 is 0 Å². The fraction of sp³-hybridized carbons (Fsp3) is 0.400. The van der Waals surface area contributed by atoms with E-state index < -0.39 is 40.4 Å². The Labute approximate surface area is 184 Å². The largest absolute Gasteiger partial charge is 0.429 e. The maximum absolute atomic E-state index is 14.6. The molecule has 0 aromatic heterocycles. The highest BCUT2D eigenvalue weighted by atomic mass is 19.3. The summed E-state index contributed by atoms with van der Waals surface area (Å²) in [5.41, 5.74) is -1.27. The predicted octanol–water partition coefficient (Wildman–Crippen LogP) is 7.73. The number of nitrogens with zero attached hydrogens (tertiary/aromatic N) is 1. The van der Waals surface area contributed by atoms with Gasteiger partial charge in [0, 0.05) is 12.1 Å². The molecule has 0 heterocycles. The molecule has 2 nitrogen and oxygen atoms in total. The van der Waals surface area contributed by atoms with Crippen molar-refractivity contribution in [3.63, 3.8) is 0 Å². The van der Waals surface area contributed by atoms with Crippen molar-refractivity contribution in [2.24, 2.45) is 5.92 Å². The molecule has 0 unspecified atom stereocenters. The molecule has 0 bridgehead atoms. The molecular weight excluding hydrogens is 425 g/mol. The Hall–Kier alpha value is -2.88. The van der Waals surface area contributed by atoms with Crippen molar-refractivity contribution < 1.29 is 26.7 Å². The van der Waals surface area contributed by atoms with Gasteiger partial charge in [0.2, 0.25) is 0 Å². The van der Waals surface area contributed by atoms with Gasteiger partial charge in [0.25, 0.3) is 0 Å². The first-order chi connectivity index (χ1) is 15.2. The number of allylic oxidation sites excluding steroid dienone is 2. The molecule has 0 spiro atoms. The Kier molecular flexibility index (Phi) is 7.55. The van der Waals surface area contributed by atoms with E-state index in [1.807, 2.05) is 13.0 Å². The summed E-state index contributed by atoms with van der Waals surface area (Å²) in [5, 5.41) is 8.66. The average Bonchev–Trinajstić information content (AvgIpc) is 2.73. The van der Waals surface area contributed by atoms with Crippen molar-refractivity contribution in [2.45, 2.75) is 57.5 Å². The molecule has 1 aliphatic carbocycles. The predicted molar refractivity (Wildman–Crippen MR) is 111 cm³/mol. The van der Waals surface area contributed by atoms with Gasteiger partial charge >= 0.3 is 6.11 Å². The summed E-state index contributed by atoms with van der Waals surface area (Å²) in [7, 11) is 0. The number of halogens is 5. The minimum absolute atomic E-state index is 0.104. The molecule has 7 heteroatoms. The topological polar surface area (TPSA) is 33.0 Å². The van der Waals surface area contributed by atoms with Crippen molar-refractivity contribution in [2.75, 3.05) is 0 Å². The van der Waals surface area contributed by atoms with E-state index in [2.05, 4.69) is 10.8 Å². The molecule has 0 saturated heterocycles. The van der Waals surface area contributed by atoms with Crippen molar-refractivity contribution in [1.29, 1.82) is 5.26 Å². The smallest absolute Gasteiger partial charge is 0.429 e. The van der Waals surface area contributed by atoms with E-state index >= 15 is 0 Å². The number of hydrogen-bond acceptors (Lipinski definition) is 2. The first-order valence-electron chi connectivity index (χ1n) is 10.6. The van der Waals surface area contributed by atoms with Crippen LogP contribution in [0.2, 0.25) is 0 Å². The Morgan fingerprint density at radius 3 is 2.25 bits per heavy atom. The molecule has 0 N–H and O–H groups in total. The zero-order valence-corrected chi connectivity index (χ0v) is 17.7. The summed E-state index contributed by atoms with van der Waals surface area (Å²) in [6, 6.07) is 5.74. The Morgan fingerprint density at radius 1 is 1.03 bits per heavy atom. The SMILES string of the molecule is C/C=C\CCC1CCC(c2ccc(C(F)(F)Oc3cc(F)c(C#N)c(F)c3)c(F)c2)CC1. The summed E-state index contributed by atoms with van der Waals surface area (Å²) < 4.78 is 75.5. The van der Waals surface area contributed by atoms with Crippen LogP contribution in [0.25, 0.3) is 0 Å². The normalized spacial score (nSPS) is 19.2. The number of rotatable bonds is 7. The number of hydrogen-bond donors (Lipinski definition) is 0. The summed E-state index contributed by atoms with van der Waals surface area (Å²) in [5.74, 6) is -3.93. The summed E-state index contributed by atoms with van der Waals surface area (Å²) in [6.07, 6.45) is 5.95. The van der Waals surface area contributed by atoms with Crippen molar-refractivity contribution in [3.05, 3.63) is 76.6 Å². The molecular formula is C25H24F5NO. The van der Waals surface area contributed by atoms with Crippen LogP contribution in [0.3, 0.4) is 0 Å². The van der Waals surface area contributed by atoms with E-state index in [0.29, 0.717) is 23.6 Å². The Morgan fingerprint density at radius 2 is 1.69 bits per heavy atom. The molecule has 2 aromatic rings. The van der Waals surface area contributed by atoms with Gasteiger partial charge in [0.1, 0.15) is 34.8 Å². The molecule has 1 saturated carbocycles. The van der Waals surface area contributed by atoms with Gasteiger partial charge in [0.15, 0.2) is 0 Å². The molecule has 0 amide bonds. The van der Waals surface area contributed by atoms with E-state index in [1.54, 1.807) is 0 Å². The van der Waals surface area contributed by atoms with E-state index in [0.717, 1.165) is 50.7 Å². The lowest BCUT2D eigenvalue weighted by Gasteiger charge is -2.29. The van der Waals surface area contributed by atoms with Gasteiger partial charge in [-0.15, -0.1) is 0 Å². The monoisotopic (exact) mass is 449 g/mol. The first kappa shape index (κ1) is 23.8. The van der Waals surface area contributed by atoms with Gasteiger partial charge < -0.3 is 4.74 Å². The van der Waals surface area contributed by atoms with Gasteiger partial charge in [-0.05, 0) is 75.0 Å². The van der Waals surface area contributed by atoms with Crippen LogP contribution in [0, 0.1) is 34.7 Å². The lowest BCUT2D eigenvalue weighted by atomic mass is 9.77.